The van der Waals surface area contributed by atoms with E-state index in [4.69, 9.17) is 11.6 Å². The molecule has 2 amide bonds. The van der Waals surface area contributed by atoms with Crippen LogP contribution in [0, 0.1) is 0 Å². The molecule has 37 heavy (non-hydrogen) atoms. The number of amides is 2. The summed E-state index contributed by atoms with van der Waals surface area (Å²) < 4.78 is 29.2. The van der Waals surface area contributed by atoms with Crippen molar-refractivity contribution in [1.29, 1.82) is 0 Å². The molecule has 1 unspecified atom stereocenters. The summed E-state index contributed by atoms with van der Waals surface area (Å²) in [4.78, 5) is 28.1. The molecular formula is C27H29BrClN3O4S. The second-order valence-electron chi connectivity index (χ2n) is 8.42. The van der Waals surface area contributed by atoms with Gasteiger partial charge in [0.1, 0.15) is 12.6 Å². The van der Waals surface area contributed by atoms with Crippen molar-refractivity contribution in [1.82, 2.24) is 10.2 Å². The second-order valence-corrected chi connectivity index (χ2v) is 11.6. The summed E-state index contributed by atoms with van der Waals surface area (Å²) in [6.45, 7) is 3.65. The van der Waals surface area contributed by atoms with Crippen LogP contribution >= 0.6 is 27.5 Å². The number of halogens is 2. The zero-order chi connectivity index (χ0) is 27.0. The first-order valence-corrected chi connectivity index (χ1v) is 14.4. The fourth-order valence-electron chi connectivity index (χ4n) is 3.69. The maximum atomic E-state index is 13.8. The summed E-state index contributed by atoms with van der Waals surface area (Å²) >= 11 is 9.61. The minimum atomic E-state index is -4.12. The Morgan fingerprint density at radius 2 is 1.70 bits per heavy atom. The Kier molecular flexibility index (Phi) is 10.1. The van der Waals surface area contributed by atoms with Gasteiger partial charge in [-0.15, -0.1) is 0 Å². The summed E-state index contributed by atoms with van der Waals surface area (Å²) in [5, 5.41) is 3.15. The van der Waals surface area contributed by atoms with Crippen molar-refractivity contribution in [3.05, 3.63) is 93.9 Å². The highest BCUT2D eigenvalue weighted by atomic mass is 79.9. The fraction of sp³-hybridized carbons (Fsp3) is 0.259. The van der Waals surface area contributed by atoms with Crippen molar-refractivity contribution in [2.75, 3.05) is 17.4 Å². The third kappa shape index (κ3) is 7.56. The van der Waals surface area contributed by atoms with Crippen LogP contribution in [0.5, 0.6) is 0 Å². The Morgan fingerprint density at radius 1 is 1.00 bits per heavy atom. The van der Waals surface area contributed by atoms with Gasteiger partial charge >= 0.3 is 0 Å². The normalized spacial score (nSPS) is 12.0. The molecule has 10 heteroatoms. The molecule has 1 atom stereocenters. The molecule has 0 heterocycles. The molecule has 0 aromatic heterocycles. The first-order chi connectivity index (χ1) is 17.6. The number of nitrogens with one attached hydrogen (secondary N) is 1. The number of carbonyl (C=O) groups is 2. The lowest BCUT2D eigenvalue weighted by atomic mass is 10.1. The van der Waals surface area contributed by atoms with Gasteiger partial charge in [-0.1, -0.05) is 70.9 Å². The average molecular weight is 607 g/mol. The van der Waals surface area contributed by atoms with Crippen LogP contribution in [0.2, 0.25) is 5.02 Å². The minimum absolute atomic E-state index is 0.0371. The topological polar surface area (TPSA) is 86.8 Å². The van der Waals surface area contributed by atoms with E-state index in [0.29, 0.717) is 11.6 Å². The summed E-state index contributed by atoms with van der Waals surface area (Å²) in [5.74, 6) is -0.843. The van der Waals surface area contributed by atoms with Gasteiger partial charge in [0.25, 0.3) is 10.0 Å². The molecule has 3 rings (SSSR count). The van der Waals surface area contributed by atoms with Gasteiger partial charge in [0, 0.05) is 22.6 Å². The van der Waals surface area contributed by atoms with E-state index in [0.717, 1.165) is 20.8 Å². The summed E-state index contributed by atoms with van der Waals surface area (Å²) in [6.07, 6.45) is 0.746. The summed E-state index contributed by atoms with van der Waals surface area (Å²) in [6, 6.07) is 20.8. The lowest BCUT2D eigenvalue weighted by molar-refractivity contribution is -0.139. The van der Waals surface area contributed by atoms with Crippen LogP contribution in [0.15, 0.2) is 88.2 Å². The molecule has 0 aliphatic heterocycles. The quantitative estimate of drug-likeness (QED) is 0.323. The average Bonchev–Trinajstić information content (AvgIpc) is 2.88. The highest BCUT2D eigenvalue weighted by molar-refractivity contribution is 9.10. The standard InChI is InChI=1S/C27H29BrClN3O4S/c1-3-15-30-27(34)20(2)31(18-21-9-7-10-22(28)16-21)26(33)19-32(24-12-8-11-23(29)17-24)37(35,36)25-13-5-4-6-14-25/h4-14,16-17,20H,3,15,18-19H2,1-2H3,(H,30,34). The number of nitrogens with zero attached hydrogens (tertiary/aromatic N) is 2. The fourth-order valence-corrected chi connectivity index (χ4v) is 5.75. The third-order valence-electron chi connectivity index (χ3n) is 5.66. The maximum absolute atomic E-state index is 13.8. The van der Waals surface area contributed by atoms with Gasteiger partial charge in [-0.3, -0.25) is 13.9 Å². The van der Waals surface area contributed by atoms with Crippen LogP contribution in [0.25, 0.3) is 0 Å². The number of hydrogen-bond acceptors (Lipinski definition) is 4. The molecule has 7 nitrogen and oxygen atoms in total. The van der Waals surface area contributed by atoms with E-state index in [1.807, 2.05) is 31.2 Å². The van der Waals surface area contributed by atoms with E-state index in [9.17, 15) is 18.0 Å². The van der Waals surface area contributed by atoms with Crippen LogP contribution in [0.4, 0.5) is 5.69 Å². The van der Waals surface area contributed by atoms with E-state index in [-0.39, 0.29) is 23.0 Å². The first-order valence-electron chi connectivity index (χ1n) is 11.8. The number of hydrogen-bond donors (Lipinski definition) is 1. The molecule has 3 aromatic carbocycles. The molecule has 0 saturated carbocycles. The van der Waals surface area contributed by atoms with Crippen LogP contribution in [-0.4, -0.2) is 44.3 Å². The number of sulfonamides is 1. The van der Waals surface area contributed by atoms with E-state index in [1.54, 1.807) is 43.3 Å². The molecule has 0 radical (unpaired) electrons. The predicted octanol–water partition coefficient (Wildman–Crippen LogP) is 5.24. The zero-order valence-corrected chi connectivity index (χ0v) is 23.8. The van der Waals surface area contributed by atoms with E-state index in [1.165, 1.54) is 23.1 Å². The van der Waals surface area contributed by atoms with Crippen molar-refractivity contribution in [3.8, 4) is 0 Å². The first kappa shape index (κ1) is 28.7. The van der Waals surface area contributed by atoms with Gasteiger partial charge in [0.15, 0.2) is 0 Å². The molecule has 0 bridgehead atoms. The van der Waals surface area contributed by atoms with E-state index < -0.39 is 28.5 Å². The Hall–Kier alpha value is -2.88. The number of rotatable bonds is 11. The Morgan fingerprint density at radius 3 is 2.35 bits per heavy atom. The van der Waals surface area contributed by atoms with Crippen molar-refractivity contribution in [3.63, 3.8) is 0 Å². The van der Waals surface area contributed by atoms with Crippen LogP contribution < -0.4 is 9.62 Å². The largest absolute Gasteiger partial charge is 0.354 e. The SMILES string of the molecule is CCCNC(=O)C(C)N(Cc1cccc(Br)c1)C(=O)CN(c1cccc(Cl)c1)S(=O)(=O)c1ccccc1. The van der Waals surface area contributed by atoms with Crippen LogP contribution in [-0.2, 0) is 26.2 Å². The van der Waals surface area contributed by atoms with Gasteiger partial charge in [-0.05, 0) is 61.4 Å². The van der Waals surface area contributed by atoms with Crippen molar-refractivity contribution < 1.29 is 18.0 Å². The molecule has 0 fully saturated rings. The molecule has 3 aromatic rings. The summed E-state index contributed by atoms with van der Waals surface area (Å²) in [5.41, 5.74) is 1.04. The molecule has 0 aliphatic carbocycles. The highest BCUT2D eigenvalue weighted by Gasteiger charge is 2.32. The lowest BCUT2D eigenvalue weighted by Crippen LogP contribution is -2.51. The second kappa shape index (κ2) is 13.1. The lowest BCUT2D eigenvalue weighted by Gasteiger charge is -2.32. The predicted molar refractivity (Wildman–Crippen MR) is 150 cm³/mol. The van der Waals surface area contributed by atoms with Gasteiger partial charge < -0.3 is 10.2 Å². The molecule has 0 aliphatic rings. The molecule has 196 valence electrons. The molecule has 1 N–H and O–H groups in total. The molecule has 0 saturated heterocycles. The monoisotopic (exact) mass is 605 g/mol. The van der Waals surface area contributed by atoms with Gasteiger partial charge in [0.2, 0.25) is 11.8 Å². The maximum Gasteiger partial charge on any atom is 0.264 e. The van der Waals surface area contributed by atoms with Crippen LogP contribution in [0.3, 0.4) is 0 Å². The summed E-state index contributed by atoms with van der Waals surface area (Å²) in [7, 11) is -4.12. The smallest absolute Gasteiger partial charge is 0.264 e. The van der Waals surface area contributed by atoms with E-state index >= 15 is 0 Å². The molecule has 0 spiro atoms. The number of benzene rings is 3. The third-order valence-corrected chi connectivity index (χ3v) is 8.18. The Labute approximate surface area is 231 Å². The van der Waals surface area contributed by atoms with Crippen molar-refractivity contribution >= 4 is 55.1 Å². The Balaban J connectivity index is 2.01. The Bertz CT molecular complexity index is 1340. The van der Waals surface area contributed by atoms with Gasteiger partial charge in [0.05, 0.1) is 10.6 Å². The highest BCUT2D eigenvalue weighted by Crippen LogP contribution is 2.27. The number of anilines is 1. The van der Waals surface area contributed by atoms with E-state index in [2.05, 4.69) is 21.2 Å². The zero-order valence-electron chi connectivity index (χ0n) is 20.6. The number of carbonyl (C=O) groups excluding carboxylic acids is 2. The molecular weight excluding hydrogens is 578 g/mol. The van der Waals surface area contributed by atoms with Gasteiger partial charge in [-0.25, -0.2) is 8.42 Å². The minimum Gasteiger partial charge on any atom is -0.354 e. The van der Waals surface area contributed by atoms with Crippen molar-refractivity contribution in [2.45, 2.75) is 37.8 Å². The van der Waals surface area contributed by atoms with Crippen molar-refractivity contribution in [2.24, 2.45) is 0 Å². The van der Waals surface area contributed by atoms with Gasteiger partial charge in [-0.2, -0.15) is 0 Å². The van der Waals surface area contributed by atoms with Crippen LogP contribution in [0.1, 0.15) is 25.8 Å².